The molecule has 0 spiro atoms. The molecule has 0 aromatic heterocycles. The molecule has 0 amide bonds. The van der Waals surface area contributed by atoms with Gasteiger partial charge in [0.25, 0.3) is 0 Å². The molecular weight excluding hydrogens is 296 g/mol. The Balaban J connectivity index is 2.36. The lowest BCUT2D eigenvalue weighted by Crippen LogP contribution is -2.17. The van der Waals surface area contributed by atoms with Crippen LogP contribution in [-0.4, -0.2) is 39.2 Å². The van der Waals surface area contributed by atoms with E-state index in [9.17, 15) is 4.79 Å². The first-order chi connectivity index (χ1) is 11.2. The van der Waals surface area contributed by atoms with Crippen LogP contribution in [0.4, 0.5) is 0 Å². The molecule has 0 N–H and O–H groups in total. The van der Waals surface area contributed by atoms with Crippen LogP contribution in [0.1, 0.15) is 25.3 Å². The first kappa shape index (κ1) is 19.4. The summed E-state index contributed by atoms with van der Waals surface area (Å²) in [5.41, 5.74) is 1.15. The second-order valence-corrected chi connectivity index (χ2v) is 5.18. The van der Waals surface area contributed by atoms with Crippen LogP contribution in [0.3, 0.4) is 0 Å². The summed E-state index contributed by atoms with van der Waals surface area (Å²) >= 11 is 0. The summed E-state index contributed by atoms with van der Waals surface area (Å²) in [7, 11) is 2.91. The third kappa shape index (κ3) is 9.13. The number of hydrogen-bond acceptors (Lipinski definition) is 5. The highest BCUT2D eigenvalue weighted by Gasteiger charge is 2.10. The van der Waals surface area contributed by atoms with Gasteiger partial charge in [-0.1, -0.05) is 30.3 Å². The van der Waals surface area contributed by atoms with Crippen molar-refractivity contribution in [2.45, 2.75) is 38.6 Å². The van der Waals surface area contributed by atoms with Crippen LogP contribution >= 0.6 is 0 Å². The highest BCUT2D eigenvalue weighted by molar-refractivity contribution is 5.81. The Labute approximate surface area is 138 Å². The SMILES string of the molecule is COCO[C@@H](/C=C/C(=O)OC)CC[C@H](C)OCc1ccccc1. The third-order valence-corrected chi connectivity index (χ3v) is 3.28. The molecule has 0 aliphatic carbocycles. The Kier molecular flexibility index (Phi) is 9.95. The van der Waals surface area contributed by atoms with Gasteiger partial charge in [-0.05, 0) is 31.4 Å². The normalized spacial score (nSPS) is 13.9. The van der Waals surface area contributed by atoms with Crippen molar-refractivity contribution < 1.29 is 23.7 Å². The molecule has 1 aromatic carbocycles. The van der Waals surface area contributed by atoms with Crippen LogP contribution in [0.15, 0.2) is 42.5 Å². The second-order valence-electron chi connectivity index (χ2n) is 5.18. The number of hydrogen-bond donors (Lipinski definition) is 0. The van der Waals surface area contributed by atoms with Gasteiger partial charge in [-0.2, -0.15) is 0 Å². The lowest BCUT2D eigenvalue weighted by molar-refractivity contribution is -0.135. The number of ether oxygens (including phenoxy) is 4. The number of benzene rings is 1. The molecule has 0 saturated carbocycles. The Hall–Kier alpha value is -1.69. The van der Waals surface area contributed by atoms with E-state index in [-0.39, 0.29) is 19.0 Å². The zero-order chi connectivity index (χ0) is 16.9. The minimum absolute atomic E-state index is 0.0929. The number of carbonyl (C=O) groups excluding carboxylic acids is 1. The summed E-state index contributed by atoms with van der Waals surface area (Å²) in [5.74, 6) is -0.399. The Morgan fingerprint density at radius 2 is 1.87 bits per heavy atom. The van der Waals surface area contributed by atoms with Crippen molar-refractivity contribution >= 4 is 5.97 Å². The highest BCUT2D eigenvalue weighted by atomic mass is 16.7. The summed E-state index contributed by atoms with van der Waals surface area (Å²) in [6, 6.07) is 10.1. The average Bonchev–Trinajstić information content (AvgIpc) is 2.59. The average molecular weight is 322 g/mol. The molecule has 23 heavy (non-hydrogen) atoms. The third-order valence-electron chi connectivity index (χ3n) is 3.28. The molecule has 1 aromatic rings. The van der Waals surface area contributed by atoms with E-state index in [1.165, 1.54) is 13.2 Å². The number of methoxy groups -OCH3 is 2. The van der Waals surface area contributed by atoms with E-state index in [1.54, 1.807) is 13.2 Å². The van der Waals surface area contributed by atoms with Crippen LogP contribution in [0.25, 0.3) is 0 Å². The minimum atomic E-state index is -0.399. The predicted molar refractivity (Wildman–Crippen MR) is 87.8 cm³/mol. The summed E-state index contributed by atoms with van der Waals surface area (Å²) in [6.45, 7) is 2.79. The highest BCUT2D eigenvalue weighted by Crippen LogP contribution is 2.12. The first-order valence-electron chi connectivity index (χ1n) is 7.68. The molecular formula is C18H26O5. The molecule has 0 heterocycles. The van der Waals surface area contributed by atoms with Gasteiger partial charge >= 0.3 is 5.97 Å². The van der Waals surface area contributed by atoms with Crippen molar-refractivity contribution in [2.75, 3.05) is 21.0 Å². The van der Waals surface area contributed by atoms with Crippen molar-refractivity contribution in [3.05, 3.63) is 48.0 Å². The topological polar surface area (TPSA) is 54.0 Å². The van der Waals surface area contributed by atoms with Crippen LogP contribution in [0.5, 0.6) is 0 Å². The molecule has 5 heteroatoms. The smallest absolute Gasteiger partial charge is 0.330 e. The van der Waals surface area contributed by atoms with Gasteiger partial charge in [0.2, 0.25) is 0 Å². The van der Waals surface area contributed by atoms with Crippen LogP contribution < -0.4 is 0 Å². The van der Waals surface area contributed by atoms with E-state index in [2.05, 4.69) is 4.74 Å². The maximum atomic E-state index is 11.2. The van der Waals surface area contributed by atoms with E-state index < -0.39 is 5.97 Å². The van der Waals surface area contributed by atoms with Gasteiger partial charge in [0.05, 0.1) is 25.9 Å². The van der Waals surface area contributed by atoms with Crippen LogP contribution in [0, 0.1) is 0 Å². The second kappa shape index (κ2) is 11.8. The lowest BCUT2D eigenvalue weighted by atomic mass is 10.1. The Morgan fingerprint density at radius 1 is 1.13 bits per heavy atom. The molecule has 128 valence electrons. The molecule has 0 saturated heterocycles. The van der Waals surface area contributed by atoms with Gasteiger partial charge < -0.3 is 18.9 Å². The van der Waals surface area contributed by atoms with Crippen molar-refractivity contribution in [3.63, 3.8) is 0 Å². The van der Waals surface area contributed by atoms with E-state index in [0.29, 0.717) is 6.61 Å². The quantitative estimate of drug-likeness (QED) is 0.356. The van der Waals surface area contributed by atoms with Crippen molar-refractivity contribution in [1.29, 1.82) is 0 Å². The van der Waals surface area contributed by atoms with Gasteiger partial charge in [-0.25, -0.2) is 4.79 Å². The largest absolute Gasteiger partial charge is 0.466 e. The van der Waals surface area contributed by atoms with E-state index in [1.807, 2.05) is 37.3 Å². The van der Waals surface area contributed by atoms with Gasteiger partial charge in [0.1, 0.15) is 6.79 Å². The van der Waals surface area contributed by atoms with E-state index in [4.69, 9.17) is 14.2 Å². The molecule has 0 aliphatic heterocycles. The monoisotopic (exact) mass is 322 g/mol. The fourth-order valence-electron chi connectivity index (χ4n) is 1.94. The first-order valence-corrected chi connectivity index (χ1v) is 7.68. The minimum Gasteiger partial charge on any atom is -0.466 e. The molecule has 2 atom stereocenters. The summed E-state index contributed by atoms with van der Waals surface area (Å²) in [4.78, 5) is 11.2. The van der Waals surface area contributed by atoms with Gasteiger partial charge in [0, 0.05) is 13.2 Å². The maximum absolute atomic E-state index is 11.2. The number of rotatable bonds is 11. The fraction of sp³-hybridized carbons (Fsp3) is 0.500. The van der Waals surface area contributed by atoms with Gasteiger partial charge in [-0.3, -0.25) is 0 Å². The molecule has 0 radical (unpaired) electrons. The van der Waals surface area contributed by atoms with Crippen molar-refractivity contribution in [2.24, 2.45) is 0 Å². The standard InChI is InChI=1S/C18H26O5/c1-15(22-13-16-7-5-4-6-8-16)9-10-17(23-14-20-2)11-12-18(19)21-3/h4-8,11-12,15,17H,9-10,13-14H2,1-3H3/b12-11+/t15-,17+/m0/s1. The van der Waals surface area contributed by atoms with Crippen LogP contribution in [-0.2, 0) is 30.3 Å². The van der Waals surface area contributed by atoms with E-state index >= 15 is 0 Å². The molecule has 1 rings (SSSR count). The zero-order valence-electron chi connectivity index (χ0n) is 14.1. The van der Waals surface area contributed by atoms with Gasteiger partial charge in [0.15, 0.2) is 0 Å². The molecule has 0 unspecified atom stereocenters. The van der Waals surface area contributed by atoms with Crippen molar-refractivity contribution in [1.82, 2.24) is 0 Å². The summed E-state index contributed by atoms with van der Waals surface area (Å²) in [5, 5.41) is 0. The number of carbonyl (C=O) groups is 1. The predicted octanol–water partition coefficient (Wildman–Crippen LogP) is 3.09. The molecule has 5 nitrogen and oxygen atoms in total. The zero-order valence-corrected chi connectivity index (χ0v) is 14.1. The summed E-state index contributed by atoms with van der Waals surface area (Å²) in [6.07, 6.45) is 4.48. The fourth-order valence-corrected chi connectivity index (χ4v) is 1.94. The maximum Gasteiger partial charge on any atom is 0.330 e. The lowest BCUT2D eigenvalue weighted by Gasteiger charge is -2.17. The van der Waals surface area contributed by atoms with E-state index in [0.717, 1.165) is 18.4 Å². The molecule has 0 bridgehead atoms. The Bertz CT molecular complexity index is 458. The Morgan fingerprint density at radius 3 is 2.52 bits per heavy atom. The van der Waals surface area contributed by atoms with Crippen molar-refractivity contribution in [3.8, 4) is 0 Å². The summed E-state index contributed by atoms with van der Waals surface area (Å²) < 4.78 is 20.8. The van der Waals surface area contributed by atoms with Gasteiger partial charge in [-0.15, -0.1) is 0 Å². The molecule has 0 aliphatic rings. The molecule has 0 fully saturated rings. The number of esters is 1. The van der Waals surface area contributed by atoms with Crippen LogP contribution in [0.2, 0.25) is 0 Å².